The highest BCUT2D eigenvalue weighted by Crippen LogP contribution is 2.25. The van der Waals surface area contributed by atoms with E-state index < -0.39 is 26.9 Å². The van der Waals surface area contributed by atoms with Crippen LogP contribution in [0.25, 0.3) is 0 Å². The molecular weight excluding hydrogens is 330 g/mol. The Morgan fingerprint density at radius 1 is 1.41 bits per heavy atom. The molecule has 1 rings (SSSR count). The molecule has 7 nitrogen and oxygen atoms in total. The van der Waals surface area contributed by atoms with E-state index in [0.29, 0.717) is 6.42 Å². The fourth-order valence-electron chi connectivity index (χ4n) is 1.57. The highest BCUT2D eigenvalue weighted by Gasteiger charge is 2.27. The Labute approximate surface area is 134 Å². The van der Waals surface area contributed by atoms with Gasteiger partial charge < -0.3 is 14.6 Å². The number of aromatic carboxylic acids is 1. The summed E-state index contributed by atoms with van der Waals surface area (Å²) in [6.45, 7) is 3.42. The first-order valence-corrected chi connectivity index (χ1v) is 8.54. The van der Waals surface area contributed by atoms with Crippen molar-refractivity contribution in [1.29, 1.82) is 0 Å². The molecule has 0 heterocycles. The maximum Gasteiger partial charge on any atom is 0.336 e. The number of carboxylic acids is 1. The lowest BCUT2D eigenvalue weighted by Gasteiger charge is -2.24. The zero-order chi connectivity index (χ0) is 17.1. The minimum absolute atomic E-state index is 0.347. The molecule has 0 saturated heterocycles. The van der Waals surface area contributed by atoms with Crippen LogP contribution in [0.4, 0.5) is 0 Å². The predicted octanol–water partition coefficient (Wildman–Crippen LogP) is 1.51. The number of carbonyl (C=O) groups is 2. The second-order valence-corrected chi connectivity index (χ2v) is 7.41. The predicted molar refractivity (Wildman–Crippen MR) is 84.0 cm³/mol. The standard InChI is InChI=1S/C13H17NO6S2/c1-4-13(2,21)14-11(15)10-8(12(16)17)6-5-7-9(10)20-22(3,18)19/h5-7,21H,4H2,1-3H3,(H,14,15)(H,16,17). The number of rotatable bonds is 6. The molecule has 0 bridgehead atoms. The molecule has 0 fully saturated rings. The lowest BCUT2D eigenvalue weighted by atomic mass is 10.0. The number of amides is 1. The van der Waals surface area contributed by atoms with E-state index in [-0.39, 0.29) is 16.9 Å². The molecule has 0 aliphatic rings. The van der Waals surface area contributed by atoms with Crippen LogP contribution in [0.5, 0.6) is 5.75 Å². The van der Waals surface area contributed by atoms with Crippen LogP contribution in [0.15, 0.2) is 18.2 Å². The first kappa shape index (κ1) is 18.3. The van der Waals surface area contributed by atoms with Gasteiger partial charge in [-0.25, -0.2) is 4.79 Å². The molecule has 1 atom stereocenters. The van der Waals surface area contributed by atoms with Gasteiger partial charge in [0.1, 0.15) is 0 Å². The lowest BCUT2D eigenvalue weighted by molar-refractivity contribution is 0.0689. The number of carbonyl (C=O) groups excluding carboxylic acids is 1. The molecule has 0 radical (unpaired) electrons. The van der Waals surface area contributed by atoms with Crippen molar-refractivity contribution in [2.75, 3.05) is 6.26 Å². The smallest absolute Gasteiger partial charge is 0.336 e. The molecule has 1 unspecified atom stereocenters. The van der Waals surface area contributed by atoms with Crippen LogP contribution < -0.4 is 9.50 Å². The van der Waals surface area contributed by atoms with Crippen LogP contribution in [0.3, 0.4) is 0 Å². The van der Waals surface area contributed by atoms with Gasteiger partial charge in [-0.15, -0.1) is 0 Å². The quantitative estimate of drug-likeness (QED) is 0.409. The Balaban J connectivity index is 3.41. The summed E-state index contributed by atoms with van der Waals surface area (Å²) in [4.78, 5) is 22.7. The van der Waals surface area contributed by atoms with E-state index in [9.17, 15) is 23.1 Å². The second kappa shape index (κ2) is 6.57. The van der Waals surface area contributed by atoms with Crippen molar-refractivity contribution in [3.8, 4) is 5.75 Å². The zero-order valence-corrected chi connectivity index (χ0v) is 14.0. The van der Waals surface area contributed by atoms with Crippen molar-refractivity contribution < 1.29 is 27.3 Å². The highest BCUT2D eigenvalue weighted by molar-refractivity contribution is 7.86. The number of carboxylic acid groups (broad SMARTS) is 1. The molecule has 1 amide bonds. The van der Waals surface area contributed by atoms with E-state index in [0.717, 1.165) is 6.26 Å². The summed E-state index contributed by atoms with van der Waals surface area (Å²) >= 11 is 4.24. The summed E-state index contributed by atoms with van der Waals surface area (Å²) in [7, 11) is -3.92. The van der Waals surface area contributed by atoms with Crippen LogP contribution >= 0.6 is 12.6 Å². The monoisotopic (exact) mass is 347 g/mol. The molecule has 1 aromatic rings. The fourth-order valence-corrected chi connectivity index (χ4v) is 2.14. The number of thiol groups is 1. The molecule has 0 aliphatic heterocycles. The number of nitrogens with one attached hydrogen (secondary N) is 1. The van der Waals surface area contributed by atoms with Gasteiger partial charge in [0.15, 0.2) is 5.75 Å². The van der Waals surface area contributed by atoms with Gasteiger partial charge in [-0.05, 0) is 25.5 Å². The summed E-state index contributed by atoms with van der Waals surface area (Å²) < 4.78 is 27.3. The van der Waals surface area contributed by atoms with Crippen LogP contribution in [-0.4, -0.2) is 36.5 Å². The molecular formula is C13H17NO6S2. The van der Waals surface area contributed by atoms with E-state index in [2.05, 4.69) is 17.9 Å². The average molecular weight is 347 g/mol. The minimum Gasteiger partial charge on any atom is -0.478 e. The number of hydrogen-bond acceptors (Lipinski definition) is 6. The SMILES string of the molecule is CCC(C)(S)NC(=O)c1c(OS(C)(=O)=O)cccc1C(=O)O. The molecule has 0 spiro atoms. The second-order valence-electron chi connectivity index (χ2n) is 4.85. The van der Waals surface area contributed by atoms with Gasteiger partial charge in [0.2, 0.25) is 0 Å². The fraction of sp³-hybridized carbons (Fsp3) is 0.385. The first-order chi connectivity index (χ1) is 9.97. The third kappa shape index (κ3) is 4.92. The van der Waals surface area contributed by atoms with Gasteiger partial charge in [0, 0.05) is 0 Å². The number of hydrogen-bond donors (Lipinski definition) is 3. The van der Waals surface area contributed by atoms with Crippen molar-refractivity contribution in [2.45, 2.75) is 25.1 Å². The molecule has 22 heavy (non-hydrogen) atoms. The summed E-state index contributed by atoms with van der Waals surface area (Å²) in [5.74, 6) is -2.50. The zero-order valence-electron chi connectivity index (χ0n) is 12.3. The van der Waals surface area contributed by atoms with Gasteiger partial charge in [-0.3, -0.25) is 4.79 Å². The minimum atomic E-state index is -3.92. The Morgan fingerprint density at radius 2 is 2.00 bits per heavy atom. The largest absolute Gasteiger partial charge is 0.478 e. The van der Waals surface area contributed by atoms with Crippen molar-refractivity contribution in [3.05, 3.63) is 29.3 Å². The third-order valence-corrected chi connectivity index (χ3v) is 3.71. The maximum absolute atomic E-state index is 12.4. The third-order valence-electron chi connectivity index (χ3n) is 2.80. The van der Waals surface area contributed by atoms with Crippen LogP contribution in [0, 0.1) is 0 Å². The van der Waals surface area contributed by atoms with Crippen molar-refractivity contribution in [1.82, 2.24) is 5.32 Å². The van der Waals surface area contributed by atoms with Gasteiger partial charge in [-0.2, -0.15) is 21.0 Å². The maximum atomic E-state index is 12.4. The topological polar surface area (TPSA) is 110 Å². The molecule has 1 aromatic carbocycles. The Morgan fingerprint density at radius 3 is 2.45 bits per heavy atom. The first-order valence-electron chi connectivity index (χ1n) is 6.27. The van der Waals surface area contributed by atoms with Crippen LogP contribution in [0.1, 0.15) is 41.0 Å². The molecule has 0 saturated carbocycles. The Kier molecular flexibility index (Phi) is 5.47. The summed E-state index contributed by atoms with van der Waals surface area (Å²) in [6.07, 6.45) is 1.27. The van der Waals surface area contributed by atoms with Gasteiger partial charge >= 0.3 is 16.1 Å². The molecule has 0 aliphatic carbocycles. The van der Waals surface area contributed by atoms with E-state index in [1.54, 1.807) is 13.8 Å². The average Bonchev–Trinajstić information content (AvgIpc) is 2.35. The van der Waals surface area contributed by atoms with E-state index in [1.165, 1.54) is 18.2 Å². The molecule has 9 heteroatoms. The normalized spacial score (nSPS) is 14.0. The van der Waals surface area contributed by atoms with Crippen LogP contribution in [-0.2, 0) is 10.1 Å². The Bertz CT molecular complexity index is 696. The van der Waals surface area contributed by atoms with E-state index in [1.807, 2.05) is 0 Å². The summed E-state index contributed by atoms with van der Waals surface area (Å²) in [5.41, 5.74) is -0.729. The van der Waals surface area contributed by atoms with Crippen molar-refractivity contribution in [3.63, 3.8) is 0 Å². The lowest BCUT2D eigenvalue weighted by Crippen LogP contribution is -2.41. The van der Waals surface area contributed by atoms with Gasteiger partial charge in [-0.1, -0.05) is 13.0 Å². The molecule has 0 aromatic heterocycles. The summed E-state index contributed by atoms with van der Waals surface area (Å²) in [5, 5.41) is 11.7. The van der Waals surface area contributed by atoms with Crippen LogP contribution in [0.2, 0.25) is 0 Å². The van der Waals surface area contributed by atoms with Crippen molar-refractivity contribution >= 4 is 34.6 Å². The van der Waals surface area contributed by atoms with Gasteiger partial charge in [0.05, 0.1) is 22.3 Å². The highest BCUT2D eigenvalue weighted by atomic mass is 32.2. The Hall–Kier alpha value is -1.74. The van der Waals surface area contributed by atoms with E-state index >= 15 is 0 Å². The molecule has 122 valence electrons. The van der Waals surface area contributed by atoms with E-state index in [4.69, 9.17) is 4.18 Å². The van der Waals surface area contributed by atoms with Gasteiger partial charge in [0.25, 0.3) is 5.91 Å². The number of benzene rings is 1. The molecule has 2 N–H and O–H groups in total. The summed E-state index contributed by atoms with van der Waals surface area (Å²) in [6, 6.07) is 3.69. The van der Waals surface area contributed by atoms with Crippen molar-refractivity contribution in [2.24, 2.45) is 0 Å².